The Balaban J connectivity index is 3.51. The molecule has 0 saturated heterocycles. The molecule has 6 nitrogen and oxygen atoms in total. The minimum atomic E-state index is -0.684. The summed E-state index contributed by atoms with van der Waals surface area (Å²) in [6.07, 6.45) is 65.5. The van der Waals surface area contributed by atoms with Crippen molar-refractivity contribution in [3.8, 4) is 0 Å². The van der Waals surface area contributed by atoms with Gasteiger partial charge in [-0.3, -0.25) is 9.59 Å². The molecule has 0 aliphatic carbocycles. The lowest BCUT2D eigenvalue weighted by Gasteiger charge is -2.22. The number of rotatable bonds is 52. The lowest BCUT2D eigenvalue weighted by Crippen LogP contribution is -2.45. The van der Waals surface area contributed by atoms with Crippen molar-refractivity contribution >= 4 is 11.9 Å². The minimum absolute atomic E-state index is 0.0383. The number of carbonyl (C=O) groups excluding carboxylic acids is 2. The molecular formula is C58H109NO5. The zero-order valence-corrected chi connectivity index (χ0v) is 42.8. The van der Waals surface area contributed by atoms with Crippen LogP contribution in [-0.4, -0.2) is 47.4 Å². The van der Waals surface area contributed by atoms with Crippen LogP contribution in [0.3, 0.4) is 0 Å². The van der Waals surface area contributed by atoms with E-state index in [1.54, 1.807) is 0 Å². The molecular weight excluding hydrogens is 791 g/mol. The van der Waals surface area contributed by atoms with Crippen LogP contribution in [0.2, 0.25) is 0 Å². The number of hydrogen-bond acceptors (Lipinski definition) is 5. The second kappa shape index (κ2) is 53.7. The molecule has 0 heterocycles. The first-order chi connectivity index (χ1) is 31.5. The maximum Gasteiger partial charge on any atom is 0.305 e. The molecule has 0 aromatic rings. The number of allylic oxidation sites excluding steroid dienone is 6. The Bertz CT molecular complexity index is 1040. The van der Waals surface area contributed by atoms with Crippen LogP contribution < -0.4 is 5.32 Å². The van der Waals surface area contributed by atoms with Crippen LogP contribution in [0, 0.1) is 0 Å². The Kier molecular flexibility index (Phi) is 52.1. The Labute approximate surface area is 398 Å². The van der Waals surface area contributed by atoms with Gasteiger partial charge >= 0.3 is 5.97 Å². The van der Waals surface area contributed by atoms with Gasteiger partial charge in [-0.15, -0.1) is 0 Å². The van der Waals surface area contributed by atoms with E-state index in [1.165, 1.54) is 173 Å². The standard InChI is InChI=1S/C58H109NO5/c1-3-5-7-9-11-13-15-17-19-21-23-25-27-30-34-38-42-46-50-56(61)55(54-60)59-57(62)51-47-43-39-35-31-29-33-37-41-45-49-53-64-58(63)52-48-44-40-36-32-28-26-24-22-20-18-16-14-12-10-8-6-4-2/h14,16,20,22,33,37,55-56,60-61H,3-13,15,17-19,21,23-32,34-36,38-54H2,1-2H3,(H,59,62)/b16-14-,22-20-,37-33-. The molecule has 376 valence electrons. The third kappa shape index (κ3) is 49.5. The van der Waals surface area contributed by atoms with Gasteiger partial charge < -0.3 is 20.3 Å². The van der Waals surface area contributed by atoms with Crippen LogP contribution in [0.25, 0.3) is 0 Å². The summed E-state index contributed by atoms with van der Waals surface area (Å²) in [5, 5.41) is 23.3. The SMILES string of the molecule is CCCCCC/C=C\C/C=C\CCCCCCCCCC(=O)OCCCC/C=C\CCCCCCCC(=O)NC(CO)C(O)CCCCCCCCCCCCCCCCCCCC. The van der Waals surface area contributed by atoms with Gasteiger partial charge in [0.25, 0.3) is 0 Å². The number of carbonyl (C=O) groups is 2. The number of unbranched alkanes of at least 4 members (excludes halogenated alkanes) is 35. The average molecular weight is 901 g/mol. The van der Waals surface area contributed by atoms with E-state index in [-0.39, 0.29) is 18.5 Å². The first-order valence-corrected chi connectivity index (χ1v) is 28.2. The summed E-state index contributed by atoms with van der Waals surface area (Å²) in [5.41, 5.74) is 0. The number of hydrogen-bond donors (Lipinski definition) is 3. The summed E-state index contributed by atoms with van der Waals surface area (Å²) in [4.78, 5) is 24.5. The molecule has 0 aliphatic heterocycles. The zero-order chi connectivity index (χ0) is 46.5. The summed E-state index contributed by atoms with van der Waals surface area (Å²) in [7, 11) is 0. The Morgan fingerprint density at radius 1 is 0.438 bits per heavy atom. The summed E-state index contributed by atoms with van der Waals surface area (Å²) in [6.45, 7) is 4.86. The van der Waals surface area contributed by atoms with E-state index >= 15 is 0 Å². The van der Waals surface area contributed by atoms with Crippen LogP contribution >= 0.6 is 0 Å². The maximum atomic E-state index is 12.5. The topological polar surface area (TPSA) is 95.9 Å². The van der Waals surface area contributed by atoms with Crippen LogP contribution in [0.15, 0.2) is 36.5 Å². The Morgan fingerprint density at radius 2 is 0.781 bits per heavy atom. The molecule has 0 aliphatic rings. The lowest BCUT2D eigenvalue weighted by molar-refractivity contribution is -0.143. The number of ether oxygens (including phenoxy) is 1. The smallest absolute Gasteiger partial charge is 0.305 e. The number of amides is 1. The maximum absolute atomic E-state index is 12.5. The highest BCUT2D eigenvalue weighted by molar-refractivity contribution is 5.76. The fraction of sp³-hybridized carbons (Fsp3) is 0.862. The molecule has 0 spiro atoms. The molecule has 0 rings (SSSR count). The van der Waals surface area contributed by atoms with E-state index in [9.17, 15) is 19.8 Å². The van der Waals surface area contributed by atoms with Gasteiger partial charge in [0.1, 0.15) is 0 Å². The summed E-state index contributed by atoms with van der Waals surface area (Å²) in [6, 6.07) is -0.564. The summed E-state index contributed by atoms with van der Waals surface area (Å²) in [5.74, 6) is -0.102. The number of esters is 1. The van der Waals surface area contributed by atoms with Crippen molar-refractivity contribution in [3.63, 3.8) is 0 Å². The van der Waals surface area contributed by atoms with E-state index in [4.69, 9.17) is 4.74 Å². The second-order valence-corrected chi connectivity index (χ2v) is 19.3. The van der Waals surface area contributed by atoms with E-state index in [2.05, 4.69) is 55.6 Å². The van der Waals surface area contributed by atoms with Crippen molar-refractivity contribution in [3.05, 3.63) is 36.5 Å². The highest BCUT2D eigenvalue weighted by Crippen LogP contribution is 2.17. The average Bonchev–Trinajstić information content (AvgIpc) is 3.29. The van der Waals surface area contributed by atoms with Gasteiger partial charge in [-0.2, -0.15) is 0 Å². The van der Waals surface area contributed by atoms with Gasteiger partial charge in [0.05, 0.1) is 25.4 Å². The van der Waals surface area contributed by atoms with Crippen LogP contribution in [0.1, 0.15) is 296 Å². The fourth-order valence-corrected chi connectivity index (χ4v) is 8.55. The third-order valence-electron chi connectivity index (χ3n) is 12.9. The molecule has 2 atom stereocenters. The highest BCUT2D eigenvalue weighted by Gasteiger charge is 2.20. The van der Waals surface area contributed by atoms with Gasteiger partial charge in [0.15, 0.2) is 0 Å². The summed E-state index contributed by atoms with van der Waals surface area (Å²) < 4.78 is 5.45. The molecule has 6 heteroatoms. The van der Waals surface area contributed by atoms with Crippen molar-refractivity contribution < 1.29 is 24.5 Å². The molecule has 64 heavy (non-hydrogen) atoms. The van der Waals surface area contributed by atoms with Crippen molar-refractivity contribution in [1.82, 2.24) is 5.32 Å². The number of aliphatic hydroxyl groups is 2. The van der Waals surface area contributed by atoms with Gasteiger partial charge in [0.2, 0.25) is 5.91 Å². The summed E-state index contributed by atoms with van der Waals surface area (Å²) >= 11 is 0. The molecule has 0 aromatic heterocycles. The van der Waals surface area contributed by atoms with Gasteiger partial charge in [-0.25, -0.2) is 0 Å². The molecule has 0 radical (unpaired) electrons. The quantitative estimate of drug-likeness (QED) is 0.0321. The normalized spacial score (nSPS) is 12.9. The molecule has 0 fully saturated rings. The molecule has 0 saturated carbocycles. The lowest BCUT2D eigenvalue weighted by atomic mass is 10.0. The molecule has 3 N–H and O–H groups in total. The second-order valence-electron chi connectivity index (χ2n) is 19.3. The van der Waals surface area contributed by atoms with E-state index in [1.807, 2.05) is 0 Å². The Morgan fingerprint density at radius 3 is 1.22 bits per heavy atom. The highest BCUT2D eigenvalue weighted by atomic mass is 16.5. The van der Waals surface area contributed by atoms with E-state index < -0.39 is 12.1 Å². The Hall–Kier alpha value is -1.92. The molecule has 2 unspecified atom stereocenters. The fourth-order valence-electron chi connectivity index (χ4n) is 8.55. The molecule has 0 bridgehead atoms. The van der Waals surface area contributed by atoms with Crippen molar-refractivity contribution in [2.75, 3.05) is 13.2 Å². The first kappa shape index (κ1) is 62.1. The van der Waals surface area contributed by atoms with Gasteiger partial charge in [-0.1, -0.05) is 237 Å². The predicted octanol–water partition coefficient (Wildman–Crippen LogP) is 17.2. The minimum Gasteiger partial charge on any atom is -0.466 e. The monoisotopic (exact) mass is 900 g/mol. The third-order valence-corrected chi connectivity index (χ3v) is 12.9. The first-order valence-electron chi connectivity index (χ1n) is 28.2. The number of nitrogens with one attached hydrogen (secondary N) is 1. The van der Waals surface area contributed by atoms with Gasteiger partial charge in [-0.05, 0) is 83.5 Å². The molecule has 0 aromatic carbocycles. The number of aliphatic hydroxyl groups excluding tert-OH is 2. The molecule has 1 amide bonds. The van der Waals surface area contributed by atoms with E-state index in [0.29, 0.717) is 25.9 Å². The van der Waals surface area contributed by atoms with Crippen LogP contribution in [-0.2, 0) is 14.3 Å². The van der Waals surface area contributed by atoms with Crippen molar-refractivity contribution in [1.29, 1.82) is 0 Å². The van der Waals surface area contributed by atoms with Crippen molar-refractivity contribution in [2.45, 2.75) is 309 Å². The van der Waals surface area contributed by atoms with E-state index in [0.717, 1.165) is 89.9 Å². The largest absolute Gasteiger partial charge is 0.466 e. The van der Waals surface area contributed by atoms with Gasteiger partial charge in [0, 0.05) is 12.8 Å². The van der Waals surface area contributed by atoms with Crippen LogP contribution in [0.5, 0.6) is 0 Å². The van der Waals surface area contributed by atoms with Crippen molar-refractivity contribution in [2.24, 2.45) is 0 Å². The zero-order valence-electron chi connectivity index (χ0n) is 42.8. The van der Waals surface area contributed by atoms with Crippen LogP contribution in [0.4, 0.5) is 0 Å². The predicted molar refractivity (Wildman–Crippen MR) is 278 cm³/mol.